The number of carbonyl (C=O) groups is 1. The number of benzene rings is 2. The van der Waals surface area contributed by atoms with E-state index in [4.69, 9.17) is 16.9 Å². The number of anilines is 1. The normalized spacial score (nSPS) is 10.3. The van der Waals surface area contributed by atoms with Crippen LogP contribution in [0.1, 0.15) is 5.56 Å². The van der Waals surface area contributed by atoms with Gasteiger partial charge in [-0.1, -0.05) is 53.7 Å². The maximum atomic E-state index is 12.2. The molecule has 0 fully saturated rings. The smallest absolute Gasteiger partial charge is 0.234 e. The van der Waals surface area contributed by atoms with Crippen molar-refractivity contribution in [3.8, 4) is 17.3 Å². The lowest BCUT2D eigenvalue weighted by molar-refractivity contribution is -0.113. The van der Waals surface area contributed by atoms with E-state index in [-0.39, 0.29) is 11.7 Å². The summed E-state index contributed by atoms with van der Waals surface area (Å²) >= 11 is 7.26. The second-order valence-electron chi connectivity index (χ2n) is 5.49. The van der Waals surface area contributed by atoms with E-state index in [2.05, 4.69) is 10.3 Å². The molecular weight excluding hydrogens is 368 g/mol. The summed E-state index contributed by atoms with van der Waals surface area (Å²) in [6, 6.07) is 16.7. The summed E-state index contributed by atoms with van der Waals surface area (Å²) in [5, 5.41) is 13.0. The summed E-state index contributed by atoms with van der Waals surface area (Å²) in [6.07, 6.45) is 1.79. The molecule has 3 aromatic rings. The molecule has 1 heterocycles. The predicted molar refractivity (Wildman–Crippen MR) is 104 cm³/mol. The van der Waals surface area contributed by atoms with Crippen molar-refractivity contribution >= 4 is 35.0 Å². The van der Waals surface area contributed by atoms with Crippen LogP contribution in [-0.4, -0.2) is 21.2 Å². The van der Waals surface area contributed by atoms with Crippen molar-refractivity contribution < 1.29 is 4.79 Å². The van der Waals surface area contributed by atoms with Crippen molar-refractivity contribution in [2.75, 3.05) is 11.1 Å². The van der Waals surface area contributed by atoms with Crippen LogP contribution in [0.15, 0.2) is 59.9 Å². The second kappa shape index (κ2) is 8.09. The third-order valence-corrected chi connectivity index (χ3v) is 5.00. The molecule has 0 saturated carbocycles. The van der Waals surface area contributed by atoms with Gasteiger partial charge in [0, 0.05) is 12.1 Å². The first kappa shape index (κ1) is 18.1. The first-order chi connectivity index (χ1) is 12.6. The zero-order valence-electron chi connectivity index (χ0n) is 13.9. The van der Waals surface area contributed by atoms with E-state index in [9.17, 15) is 4.79 Å². The molecule has 0 saturated heterocycles. The van der Waals surface area contributed by atoms with E-state index in [1.165, 1.54) is 11.8 Å². The first-order valence-electron chi connectivity index (χ1n) is 7.78. The van der Waals surface area contributed by atoms with Gasteiger partial charge in [-0.3, -0.25) is 4.79 Å². The van der Waals surface area contributed by atoms with Crippen molar-refractivity contribution in [1.29, 1.82) is 5.26 Å². The number of imidazole rings is 1. The van der Waals surface area contributed by atoms with Crippen LogP contribution in [0.5, 0.6) is 0 Å². The van der Waals surface area contributed by atoms with Gasteiger partial charge in [-0.25, -0.2) is 4.98 Å². The first-order valence-corrected chi connectivity index (χ1v) is 9.14. The second-order valence-corrected chi connectivity index (χ2v) is 6.87. The van der Waals surface area contributed by atoms with Crippen LogP contribution in [0.3, 0.4) is 0 Å². The van der Waals surface area contributed by atoms with Crippen molar-refractivity contribution in [3.63, 3.8) is 0 Å². The van der Waals surface area contributed by atoms with Gasteiger partial charge in [-0.2, -0.15) is 5.26 Å². The van der Waals surface area contributed by atoms with Gasteiger partial charge in [0.2, 0.25) is 5.91 Å². The fraction of sp³-hybridized carbons (Fsp3) is 0.105. The number of aromatic nitrogens is 2. The van der Waals surface area contributed by atoms with Crippen LogP contribution >= 0.6 is 23.4 Å². The molecule has 26 heavy (non-hydrogen) atoms. The number of nitriles is 1. The third-order valence-electron chi connectivity index (χ3n) is 3.72. The topological polar surface area (TPSA) is 70.7 Å². The zero-order chi connectivity index (χ0) is 18.5. The Morgan fingerprint density at radius 2 is 2.08 bits per heavy atom. The van der Waals surface area contributed by atoms with Crippen LogP contribution in [0.4, 0.5) is 5.69 Å². The summed E-state index contributed by atoms with van der Waals surface area (Å²) in [5.74, 6) is -0.0470. The Morgan fingerprint density at radius 3 is 2.81 bits per heavy atom. The molecule has 0 aliphatic carbocycles. The van der Waals surface area contributed by atoms with Gasteiger partial charge in [0.05, 0.1) is 28.9 Å². The number of carbonyl (C=O) groups excluding carboxylic acids is 1. The quantitative estimate of drug-likeness (QED) is 0.666. The van der Waals surface area contributed by atoms with Gasteiger partial charge in [0.25, 0.3) is 0 Å². The number of hydrogen-bond acceptors (Lipinski definition) is 4. The standard InChI is InChI=1S/C19H15ClN4OS/c1-24-17(13-5-3-2-4-6-13)11-22-19(24)26-12-18(25)23-16-9-15(20)8-7-14(16)10-21/h2-9,11H,12H2,1H3,(H,23,25). The maximum absolute atomic E-state index is 12.2. The highest BCUT2D eigenvalue weighted by atomic mass is 35.5. The Bertz CT molecular complexity index is 979. The molecule has 3 rings (SSSR count). The van der Waals surface area contributed by atoms with Crippen molar-refractivity contribution in [2.24, 2.45) is 7.05 Å². The van der Waals surface area contributed by atoms with E-state index >= 15 is 0 Å². The fourth-order valence-corrected chi connectivity index (χ4v) is 3.36. The number of halogens is 1. The average Bonchev–Trinajstić information content (AvgIpc) is 3.01. The Balaban J connectivity index is 1.67. The fourth-order valence-electron chi connectivity index (χ4n) is 2.44. The molecule has 130 valence electrons. The lowest BCUT2D eigenvalue weighted by Crippen LogP contribution is -2.15. The molecule has 7 heteroatoms. The molecule has 0 bridgehead atoms. The highest BCUT2D eigenvalue weighted by Crippen LogP contribution is 2.25. The third kappa shape index (κ3) is 4.07. The summed E-state index contributed by atoms with van der Waals surface area (Å²) in [4.78, 5) is 16.6. The Hall–Kier alpha value is -2.75. The number of nitrogens with zero attached hydrogens (tertiary/aromatic N) is 3. The number of nitrogens with one attached hydrogen (secondary N) is 1. The summed E-state index contributed by atoms with van der Waals surface area (Å²) in [6.45, 7) is 0. The van der Waals surface area contributed by atoms with E-state index < -0.39 is 0 Å². The Kier molecular flexibility index (Phi) is 5.61. The highest BCUT2D eigenvalue weighted by Gasteiger charge is 2.12. The molecule has 0 unspecified atom stereocenters. The van der Waals surface area contributed by atoms with Crippen LogP contribution in [0.25, 0.3) is 11.3 Å². The van der Waals surface area contributed by atoms with E-state index in [1.54, 1.807) is 24.4 Å². The molecule has 0 aliphatic rings. The highest BCUT2D eigenvalue weighted by molar-refractivity contribution is 7.99. The van der Waals surface area contributed by atoms with Gasteiger partial charge in [0.1, 0.15) is 6.07 Å². The molecule has 1 amide bonds. The number of thioether (sulfide) groups is 1. The van der Waals surface area contributed by atoms with Crippen molar-refractivity contribution in [2.45, 2.75) is 5.16 Å². The summed E-state index contributed by atoms with van der Waals surface area (Å²) in [7, 11) is 1.92. The predicted octanol–water partition coefficient (Wildman–Crippen LogP) is 4.34. The van der Waals surface area contributed by atoms with Crippen molar-refractivity contribution in [1.82, 2.24) is 9.55 Å². The van der Waals surface area contributed by atoms with E-state index in [0.717, 1.165) is 16.4 Å². The van der Waals surface area contributed by atoms with Gasteiger partial charge >= 0.3 is 0 Å². The molecular formula is C19H15ClN4OS. The molecule has 1 N–H and O–H groups in total. The largest absolute Gasteiger partial charge is 0.324 e. The zero-order valence-corrected chi connectivity index (χ0v) is 15.5. The monoisotopic (exact) mass is 382 g/mol. The van der Waals surface area contributed by atoms with Gasteiger partial charge in [-0.05, 0) is 23.8 Å². The van der Waals surface area contributed by atoms with Crippen molar-refractivity contribution in [3.05, 3.63) is 65.3 Å². The molecule has 1 aromatic heterocycles. The summed E-state index contributed by atoms with van der Waals surface area (Å²) in [5.41, 5.74) is 2.83. The minimum atomic E-state index is -0.224. The Labute approximate surface area is 160 Å². The number of rotatable bonds is 5. The summed E-state index contributed by atoms with van der Waals surface area (Å²) < 4.78 is 1.95. The molecule has 0 aliphatic heterocycles. The average molecular weight is 383 g/mol. The molecule has 5 nitrogen and oxygen atoms in total. The van der Waals surface area contributed by atoms with Gasteiger partial charge in [0.15, 0.2) is 5.16 Å². The van der Waals surface area contributed by atoms with E-state index in [1.807, 2.05) is 48.0 Å². The van der Waals surface area contributed by atoms with Crippen LogP contribution < -0.4 is 5.32 Å². The molecule has 0 atom stereocenters. The van der Waals surface area contributed by atoms with Gasteiger partial charge in [-0.15, -0.1) is 0 Å². The number of amides is 1. The lowest BCUT2D eigenvalue weighted by Gasteiger charge is -2.08. The van der Waals surface area contributed by atoms with Gasteiger partial charge < -0.3 is 9.88 Å². The van der Waals surface area contributed by atoms with Crippen LogP contribution in [-0.2, 0) is 11.8 Å². The SMILES string of the molecule is Cn1c(-c2ccccc2)cnc1SCC(=O)Nc1cc(Cl)ccc1C#N. The minimum absolute atomic E-state index is 0.177. The van der Waals surface area contributed by atoms with Crippen LogP contribution in [0.2, 0.25) is 5.02 Å². The Morgan fingerprint density at radius 1 is 1.31 bits per heavy atom. The lowest BCUT2D eigenvalue weighted by atomic mass is 10.2. The van der Waals surface area contributed by atoms with Crippen LogP contribution in [0, 0.1) is 11.3 Å². The minimum Gasteiger partial charge on any atom is -0.324 e. The maximum Gasteiger partial charge on any atom is 0.234 e. The molecule has 0 spiro atoms. The molecule has 2 aromatic carbocycles. The molecule has 0 radical (unpaired) electrons. The number of hydrogen-bond donors (Lipinski definition) is 1. The van der Waals surface area contributed by atoms with E-state index in [0.29, 0.717) is 16.3 Å².